The summed E-state index contributed by atoms with van der Waals surface area (Å²) in [6, 6.07) is 16.8. The van der Waals surface area contributed by atoms with Crippen LogP contribution in [0.1, 0.15) is 143 Å². The second-order valence-corrected chi connectivity index (χ2v) is 16.2. The lowest BCUT2D eigenvalue weighted by Crippen LogP contribution is -2.12. The van der Waals surface area contributed by atoms with Gasteiger partial charge in [-0.05, 0) is 171 Å². The van der Waals surface area contributed by atoms with Crippen LogP contribution in [0.3, 0.4) is 0 Å². The molecular weight excluding hydrogens is 701 g/mol. The zero-order valence-electron chi connectivity index (χ0n) is 33.3. The van der Waals surface area contributed by atoms with Crippen molar-refractivity contribution >= 4 is 11.9 Å². The summed E-state index contributed by atoms with van der Waals surface area (Å²) in [5.41, 5.74) is 8.97. The number of carbonyl (C=O) groups is 2. The molecule has 0 amide bonds. The van der Waals surface area contributed by atoms with Crippen molar-refractivity contribution in [2.45, 2.75) is 115 Å². The molecule has 0 unspecified atom stereocenters. The summed E-state index contributed by atoms with van der Waals surface area (Å²) in [5.74, 6) is 4.32. The second kappa shape index (κ2) is 19.4. The molecule has 0 N–H and O–H groups in total. The van der Waals surface area contributed by atoms with E-state index in [9.17, 15) is 9.59 Å². The number of fused-ring (bicyclic) bond motifs is 2. The Kier molecular flexibility index (Phi) is 13.7. The average molecular weight is 759 g/mol. The van der Waals surface area contributed by atoms with Crippen molar-refractivity contribution in [2.75, 3.05) is 27.4 Å². The molecule has 0 saturated heterocycles. The molecule has 0 aliphatic heterocycles. The summed E-state index contributed by atoms with van der Waals surface area (Å²) in [7, 11) is 2.85. The van der Waals surface area contributed by atoms with Gasteiger partial charge in [0.05, 0.1) is 38.6 Å². The van der Waals surface area contributed by atoms with Crippen LogP contribution in [0.5, 0.6) is 11.5 Å². The van der Waals surface area contributed by atoms with Crippen LogP contribution in [-0.2, 0) is 35.2 Å². The van der Waals surface area contributed by atoms with Crippen LogP contribution in [0.15, 0.2) is 73.3 Å². The molecule has 4 aliphatic carbocycles. The van der Waals surface area contributed by atoms with Crippen molar-refractivity contribution in [1.82, 2.24) is 9.97 Å². The first-order valence-corrected chi connectivity index (χ1v) is 21.0. The molecule has 0 spiro atoms. The van der Waals surface area contributed by atoms with E-state index in [2.05, 4.69) is 46.4 Å². The summed E-state index contributed by atoms with van der Waals surface area (Å²) in [6.07, 6.45) is 25.6. The van der Waals surface area contributed by atoms with Crippen molar-refractivity contribution in [3.8, 4) is 11.5 Å². The summed E-state index contributed by atoms with van der Waals surface area (Å²) < 4.78 is 21.8. The van der Waals surface area contributed by atoms with Crippen molar-refractivity contribution in [2.24, 2.45) is 11.8 Å². The zero-order valence-corrected chi connectivity index (χ0v) is 33.3. The van der Waals surface area contributed by atoms with Crippen molar-refractivity contribution < 1.29 is 28.5 Å². The molecular formula is C48H58N2O6. The Labute approximate surface area is 332 Å². The third-order valence-corrected chi connectivity index (χ3v) is 12.2. The van der Waals surface area contributed by atoms with E-state index < -0.39 is 0 Å². The van der Waals surface area contributed by atoms with Crippen molar-refractivity contribution in [3.63, 3.8) is 0 Å². The maximum absolute atomic E-state index is 12.0. The standard InChI is InChI=1S/2C24H29NO3/c2*1-27-24(26)23-11-13-25-16-20(23)8-7-18-3-2-4-19-15-21(9-10-22(18)19)28-14-12-17-5-6-17/h2*9-11,13,15-18H,2-8,12,14H2,1H3/t2*18-/m10/s1. The van der Waals surface area contributed by atoms with Crippen LogP contribution >= 0.6 is 0 Å². The molecule has 0 bridgehead atoms. The number of carbonyl (C=O) groups excluding carboxylic acids is 2. The first-order chi connectivity index (χ1) is 27.5. The fourth-order valence-corrected chi connectivity index (χ4v) is 8.59. The van der Waals surface area contributed by atoms with E-state index in [1.165, 1.54) is 101 Å². The van der Waals surface area contributed by atoms with E-state index in [1.54, 1.807) is 36.9 Å². The van der Waals surface area contributed by atoms with E-state index in [-0.39, 0.29) is 11.9 Å². The smallest absolute Gasteiger partial charge is 0.338 e. The molecule has 8 nitrogen and oxygen atoms in total. The Bertz CT molecular complexity index is 1800. The largest absolute Gasteiger partial charge is 0.494 e. The van der Waals surface area contributed by atoms with E-state index in [0.29, 0.717) is 23.0 Å². The molecule has 4 aromatic rings. The van der Waals surface area contributed by atoms with Gasteiger partial charge in [0.15, 0.2) is 0 Å². The lowest BCUT2D eigenvalue weighted by molar-refractivity contribution is 0.0590. The van der Waals surface area contributed by atoms with Crippen LogP contribution in [0.25, 0.3) is 0 Å². The third kappa shape index (κ3) is 10.8. The number of hydrogen-bond acceptors (Lipinski definition) is 8. The molecule has 2 saturated carbocycles. The van der Waals surface area contributed by atoms with E-state index in [0.717, 1.165) is 86.2 Å². The number of hydrogen-bond donors (Lipinski definition) is 0. The minimum absolute atomic E-state index is 0.283. The number of aromatic nitrogens is 2. The first kappa shape index (κ1) is 39.5. The normalized spacial score (nSPS) is 18.4. The fraction of sp³-hybridized carbons (Fsp3) is 0.500. The summed E-state index contributed by atoms with van der Waals surface area (Å²) in [5, 5.41) is 0. The number of esters is 2. The van der Waals surface area contributed by atoms with Gasteiger partial charge in [-0.2, -0.15) is 0 Å². The third-order valence-electron chi connectivity index (χ3n) is 12.2. The minimum Gasteiger partial charge on any atom is -0.494 e. The number of ether oxygens (including phenoxy) is 4. The topological polar surface area (TPSA) is 96.8 Å². The number of pyridine rings is 2. The van der Waals surface area contributed by atoms with Gasteiger partial charge >= 0.3 is 11.9 Å². The maximum Gasteiger partial charge on any atom is 0.338 e. The Morgan fingerprint density at radius 3 is 1.45 bits per heavy atom. The van der Waals surface area contributed by atoms with Crippen LogP contribution in [0.2, 0.25) is 0 Å². The Morgan fingerprint density at radius 2 is 1.04 bits per heavy atom. The second-order valence-electron chi connectivity index (χ2n) is 16.2. The molecule has 296 valence electrons. The SMILES string of the molecule is COC(=O)c1ccncc1CC[C@@H]1CCCc2cc(OCCC3CC3)ccc21.COC(=O)c1ccncc1CC[C@H]1CCCc2cc(OCCC3CC3)ccc21. The summed E-state index contributed by atoms with van der Waals surface area (Å²) in [4.78, 5) is 32.4. The van der Waals surface area contributed by atoms with Gasteiger partial charge in [0.25, 0.3) is 0 Å². The Balaban J connectivity index is 0.000000172. The van der Waals surface area contributed by atoms with Crippen molar-refractivity contribution in [3.05, 3.63) is 118 Å². The van der Waals surface area contributed by atoms with E-state index in [1.807, 2.05) is 0 Å². The molecule has 8 heteroatoms. The predicted octanol–water partition coefficient (Wildman–Crippen LogP) is 10.2. The van der Waals surface area contributed by atoms with E-state index in [4.69, 9.17) is 18.9 Å². The van der Waals surface area contributed by atoms with Crippen LogP contribution in [0, 0.1) is 11.8 Å². The molecule has 0 radical (unpaired) electrons. The number of benzene rings is 2. The highest BCUT2D eigenvalue weighted by Gasteiger charge is 2.25. The van der Waals surface area contributed by atoms with Gasteiger partial charge in [0.2, 0.25) is 0 Å². The first-order valence-electron chi connectivity index (χ1n) is 21.0. The van der Waals surface area contributed by atoms with E-state index >= 15 is 0 Å². The number of aryl methyl sites for hydroxylation is 4. The van der Waals surface area contributed by atoms with Gasteiger partial charge in [-0.25, -0.2) is 9.59 Å². The Hall–Kier alpha value is -4.72. The predicted molar refractivity (Wildman–Crippen MR) is 218 cm³/mol. The molecule has 4 aliphatic rings. The molecule has 2 aromatic heterocycles. The van der Waals surface area contributed by atoms with Gasteiger partial charge in [0, 0.05) is 24.8 Å². The molecule has 2 aromatic carbocycles. The van der Waals surface area contributed by atoms with Crippen LogP contribution in [-0.4, -0.2) is 49.3 Å². The lowest BCUT2D eigenvalue weighted by Gasteiger charge is -2.26. The highest BCUT2D eigenvalue weighted by molar-refractivity contribution is 5.91. The minimum atomic E-state index is -0.283. The van der Waals surface area contributed by atoms with Gasteiger partial charge in [-0.3, -0.25) is 9.97 Å². The fourth-order valence-electron chi connectivity index (χ4n) is 8.59. The number of methoxy groups -OCH3 is 2. The lowest BCUT2D eigenvalue weighted by atomic mass is 9.79. The van der Waals surface area contributed by atoms with Crippen molar-refractivity contribution in [1.29, 1.82) is 0 Å². The number of rotatable bonds is 16. The molecule has 8 rings (SSSR count). The quantitative estimate of drug-likeness (QED) is 0.104. The summed E-state index contributed by atoms with van der Waals surface area (Å²) in [6.45, 7) is 1.67. The van der Waals surface area contributed by atoms with Gasteiger partial charge in [-0.15, -0.1) is 0 Å². The average Bonchev–Trinajstić information content (AvgIpc) is 4.19. The van der Waals surface area contributed by atoms with Gasteiger partial charge in [-0.1, -0.05) is 37.8 Å². The van der Waals surface area contributed by atoms with Crippen LogP contribution in [0.4, 0.5) is 0 Å². The van der Waals surface area contributed by atoms with Gasteiger partial charge < -0.3 is 18.9 Å². The molecule has 56 heavy (non-hydrogen) atoms. The van der Waals surface area contributed by atoms with Crippen LogP contribution < -0.4 is 9.47 Å². The highest BCUT2D eigenvalue weighted by Crippen LogP contribution is 2.39. The maximum atomic E-state index is 12.0. The number of nitrogens with zero attached hydrogens (tertiary/aromatic N) is 2. The zero-order chi connectivity index (χ0) is 38.7. The Morgan fingerprint density at radius 1 is 0.589 bits per heavy atom. The molecule has 2 heterocycles. The molecule has 2 fully saturated rings. The molecule has 2 atom stereocenters. The highest BCUT2D eigenvalue weighted by atomic mass is 16.5. The van der Waals surface area contributed by atoms with Gasteiger partial charge in [0.1, 0.15) is 11.5 Å². The summed E-state index contributed by atoms with van der Waals surface area (Å²) >= 11 is 0. The monoisotopic (exact) mass is 758 g/mol.